The highest BCUT2D eigenvalue weighted by atomic mass is 35.5. The number of hydrogen-bond acceptors (Lipinski definition) is 5. The third-order valence-corrected chi connectivity index (χ3v) is 6.95. The number of hydrogen-bond donors (Lipinski definition) is 1. The van der Waals surface area contributed by atoms with Crippen LogP contribution in [0.5, 0.6) is 5.75 Å². The second-order valence-electron chi connectivity index (χ2n) is 8.51. The first-order chi connectivity index (χ1) is 16.3. The van der Waals surface area contributed by atoms with Crippen molar-refractivity contribution in [1.29, 1.82) is 0 Å². The number of ether oxygens (including phenoxy) is 1. The molecule has 35 heavy (non-hydrogen) atoms. The highest BCUT2D eigenvalue weighted by Crippen LogP contribution is 2.30. The Hall–Kier alpha value is -2.49. The van der Waals surface area contributed by atoms with Crippen molar-refractivity contribution in [3.05, 3.63) is 58.1 Å². The number of sulfonamides is 1. The van der Waals surface area contributed by atoms with E-state index in [-0.39, 0.29) is 24.1 Å². The molecule has 1 atom stereocenters. The molecule has 0 saturated carbocycles. The Balaban J connectivity index is 2.44. The third kappa shape index (κ3) is 8.02. The van der Waals surface area contributed by atoms with E-state index in [9.17, 15) is 18.0 Å². The standard InChI is InChI=1S/C24H31Cl2N3O5S/c1-16(2)13-27-24(31)17(3)28(14-18-10-11-19(25)12-20(18)26)23(30)15-29(35(5,32)33)21-8-6-7-9-22(21)34-4/h6-12,16-17H,13-15H2,1-5H3,(H,27,31). The number of carbonyl (C=O) groups excluding carboxylic acids is 2. The van der Waals surface area contributed by atoms with E-state index in [2.05, 4.69) is 5.32 Å². The van der Waals surface area contributed by atoms with Crippen molar-refractivity contribution in [2.75, 3.05) is 30.8 Å². The molecule has 0 aliphatic heterocycles. The van der Waals surface area contributed by atoms with Gasteiger partial charge in [0, 0.05) is 23.1 Å². The maximum atomic E-state index is 13.6. The molecule has 11 heteroatoms. The molecule has 2 amide bonds. The molecule has 0 aliphatic rings. The van der Waals surface area contributed by atoms with Crippen molar-refractivity contribution in [2.45, 2.75) is 33.4 Å². The van der Waals surface area contributed by atoms with Gasteiger partial charge in [0.2, 0.25) is 21.8 Å². The van der Waals surface area contributed by atoms with Crippen LogP contribution in [-0.2, 0) is 26.2 Å². The van der Waals surface area contributed by atoms with E-state index in [1.807, 2.05) is 13.8 Å². The van der Waals surface area contributed by atoms with Gasteiger partial charge in [-0.25, -0.2) is 8.42 Å². The van der Waals surface area contributed by atoms with Crippen LogP contribution >= 0.6 is 23.2 Å². The van der Waals surface area contributed by atoms with Crippen LogP contribution in [0.4, 0.5) is 5.69 Å². The number of nitrogens with zero attached hydrogens (tertiary/aromatic N) is 2. The number of benzene rings is 2. The molecule has 0 bridgehead atoms. The summed E-state index contributed by atoms with van der Waals surface area (Å²) in [6.45, 7) is 5.38. The molecule has 1 unspecified atom stereocenters. The Morgan fingerprint density at radius 2 is 1.74 bits per heavy atom. The van der Waals surface area contributed by atoms with Crippen molar-refractivity contribution in [3.8, 4) is 5.75 Å². The average molecular weight is 545 g/mol. The van der Waals surface area contributed by atoms with Gasteiger partial charge >= 0.3 is 0 Å². The number of rotatable bonds is 11. The van der Waals surface area contributed by atoms with Crippen LogP contribution in [0.15, 0.2) is 42.5 Å². The first kappa shape index (κ1) is 28.7. The molecule has 2 rings (SSSR count). The largest absolute Gasteiger partial charge is 0.495 e. The summed E-state index contributed by atoms with van der Waals surface area (Å²) in [6, 6.07) is 10.4. The fourth-order valence-corrected chi connectivity index (χ4v) is 4.62. The number of para-hydroxylation sites is 2. The zero-order valence-corrected chi connectivity index (χ0v) is 22.7. The molecule has 0 aliphatic carbocycles. The lowest BCUT2D eigenvalue weighted by Crippen LogP contribution is -2.51. The van der Waals surface area contributed by atoms with Crippen LogP contribution in [0.1, 0.15) is 26.3 Å². The number of nitrogens with one attached hydrogen (secondary N) is 1. The monoisotopic (exact) mass is 543 g/mol. The number of carbonyl (C=O) groups is 2. The Morgan fingerprint density at radius 3 is 2.31 bits per heavy atom. The number of halogens is 2. The summed E-state index contributed by atoms with van der Waals surface area (Å²) in [7, 11) is -2.46. The second-order valence-corrected chi connectivity index (χ2v) is 11.3. The Bertz CT molecular complexity index is 1160. The van der Waals surface area contributed by atoms with E-state index < -0.39 is 28.5 Å². The van der Waals surface area contributed by atoms with Gasteiger partial charge in [-0.2, -0.15) is 0 Å². The van der Waals surface area contributed by atoms with E-state index in [0.717, 1.165) is 10.6 Å². The molecular weight excluding hydrogens is 513 g/mol. The van der Waals surface area contributed by atoms with Gasteiger partial charge in [-0.3, -0.25) is 13.9 Å². The van der Waals surface area contributed by atoms with Gasteiger partial charge in [-0.05, 0) is 42.7 Å². The van der Waals surface area contributed by atoms with Gasteiger partial charge in [0.05, 0.1) is 19.1 Å². The van der Waals surface area contributed by atoms with Gasteiger partial charge in [-0.1, -0.05) is 55.2 Å². The zero-order valence-electron chi connectivity index (χ0n) is 20.4. The molecule has 2 aromatic rings. The summed E-state index contributed by atoms with van der Waals surface area (Å²) in [4.78, 5) is 27.7. The molecule has 0 radical (unpaired) electrons. The molecule has 0 spiro atoms. The highest BCUT2D eigenvalue weighted by Gasteiger charge is 2.31. The van der Waals surface area contributed by atoms with E-state index in [4.69, 9.17) is 27.9 Å². The normalized spacial score (nSPS) is 12.2. The van der Waals surface area contributed by atoms with Gasteiger partial charge in [0.15, 0.2) is 0 Å². The lowest BCUT2D eigenvalue weighted by molar-refractivity contribution is -0.139. The van der Waals surface area contributed by atoms with E-state index >= 15 is 0 Å². The van der Waals surface area contributed by atoms with Crippen LogP contribution in [0.3, 0.4) is 0 Å². The maximum Gasteiger partial charge on any atom is 0.244 e. The molecular formula is C24H31Cl2N3O5S. The lowest BCUT2D eigenvalue weighted by Gasteiger charge is -2.32. The Morgan fingerprint density at radius 1 is 1.09 bits per heavy atom. The van der Waals surface area contributed by atoms with Gasteiger partial charge in [0.25, 0.3) is 0 Å². The summed E-state index contributed by atoms with van der Waals surface area (Å²) in [6.07, 6.45) is 1.01. The number of amides is 2. The molecule has 0 saturated heterocycles. The summed E-state index contributed by atoms with van der Waals surface area (Å²) in [5, 5.41) is 3.58. The topological polar surface area (TPSA) is 96.0 Å². The van der Waals surface area contributed by atoms with Gasteiger partial charge < -0.3 is 15.0 Å². The molecule has 192 valence electrons. The van der Waals surface area contributed by atoms with Crippen molar-refractivity contribution in [2.24, 2.45) is 5.92 Å². The minimum absolute atomic E-state index is 0.0192. The van der Waals surface area contributed by atoms with Crippen molar-refractivity contribution < 1.29 is 22.7 Å². The van der Waals surface area contributed by atoms with Crippen LogP contribution < -0.4 is 14.4 Å². The highest BCUT2D eigenvalue weighted by molar-refractivity contribution is 7.92. The first-order valence-corrected chi connectivity index (χ1v) is 13.6. The van der Waals surface area contributed by atoms with Crippen molar-refractivity contribution >= 4 is 50.7 Å². The second kappa shape index (κ2) is 12.5. The van der Waals surface area contributed by atoms with Crippen molar-refractivity contribution in [3.63, 3.8) is 0 Å². The predicted molar refractivity (Wildman–Crippen MR) is 140 cm³/mol. The van der Waals surface area contributed by atoms with Gasteiger partial charge in [0.1, 0.15) is 18.3 Å². The van der Waals surface area contributed by atoms with E-state index in [1.165, 1.54) is 12.0 Å². The van der Waals surface area contributed by atoms with E-state index in [0.29, 0.717) is 27.9 Å². The van der Waals surface area contributed by atoms with Crippen molar-refractivity contribution in [1.82, 2.24) is 10.2 Å². The smallest absolute Gasteiger partial charge is 0.244 e. The van der Waals surface area contributed by atoms with Crippen LogP contribution in [0.2, 0.25) is 10.0 Å². The van der Waals surface area contributed by atoms with E-state index in [1.54, 1.807) is 49.4 Å². The van der Waals surface area contributed by atoms with Crippen LogP contribution in [-0.4, -0.2) is 57.6 Å². The summed E-state index contributed by atoms with van der Waals surface area (Å²) < 4.78 is 31.6. The molecule has 1 N–H and O–H groups in total. The summed E-state index contributed by atoms with van der Waals surface area (Å²) in [5.74, 6) is -0.437. The summed E-state index contributed by atoms with van der Waals surface area (Å²) in [5.41, 5.74) is 0.781. The minimum Gasteiger partial charge on any atom is -0.495 e. The van der Waals surface area contributed by atoms with Crippen LogP contribution in [0, 0.1) is 5.92 Å². The molecule has 0 heterocycles. The average Bonchev–Trinajstić information content (AvgIpc) is 2.79. The maximum absolute atomic E-state index is 13.6. The van der Waals surface area contributed by atoms with Crippen LogP contribution in [0.25, 0.3) is 0 Å². The minimum atomic E-state index is -3.87. The SMILES string of the molecule is COc1ccccc1N(CC(=O)N(Cc1ccc(Cl)cc1Cl)C(C)C(=O)NCC(C)C)S(C)(=O)=O. The first-order valence-electron chi connectivity index (χ1n) is 11.0. The molecule has 8 nitrogen and oxygen atoms in total. The fraction of sp³-hybridized carbons (Fsp3) is 0.417. The number of anilines is 1. The summed E-state index contributed by atoms with van der Waals surface area (Å²) >= 11 is 12.3. The zero-order chi connectivity index (χ0) is 26.3. The van der Waals surface area contributed by atoms with Gasteiger partial charge in [-0.15, -0.1) is 0 Å². The molecule has 2 aromatic carbocycles. The third-order valence-electron chi connectivity index (χ3n) is 5.24. The Labute approximate surface area is 217 Å². The Kier molecular flexibility index (Phi) is 10.2. The number of methoxy groups -OCH3 is 1. The quantitative estimate of drug-likeness (QED) is 0.462. The fourth-order valence-electron chi connectivity index (χ4n) is 3.30. The lowest BCUT2D eigenvalue weighted by atomic mass is 10.1. The predicted octanol–water partition coefficient (Wildman–Crippen LogP) is 3.96. The molecule has 0 fully saturated rings. The molecule has 0 aromatic heterocycles.